The Hall–Kier alpha value is -0.610. The van der Waals surface area contributed by atoms with E-state index in [-0.39, 0.29) is 12.4 Å². The van der Waals surface area contributed by atoms with Gasteiger partial charge in [0.05, 0.1) is 0 Å². The minimum absolute atomic E-state index is 0. The number of aryl methyl sites for hydroxylation is 3. The van der Waals surface area contributed by atoms with E-state index in [9.17, 15) is 0 Å². The van der Waals surface area contributed by atoms with Crippen molar-refractivity contribution in [2.75, 3.05) is 6.54 Å². The van der Waals surface area contributed by atoms with E-state index in [0.717, 1.165) is 24.6 Å². The second-order valence-corrected chi connectivity index (χ2v) is 2.57. The standard InChI is InChI=1S/C7H14N4.ClH/c1-6-9-7(2)11(10-6)5-3-4-8;/h3-5,8H2,1-2H3;1H. The summed E-state index contributed by atoms with van der Waals surface area (Å²) >= 11 is 0. The quantitative estimate of drug-likeness (QED) is 0.762. The zero-order valence-corrected chi connectivity index (χ0v) is 8.27. The van der Waals surface area contributed by atoms with E-state index in [4.69, 9.17) is 5.73 Å². The van der Waals surface area contributed by atoms with E-state index >= 15 is 0 Å². The normalized spacial score (nSPS) is 9.58. The molecule has 70 valence electrons. The summed E-state index contributed by atoms with van der Waals surface area (Å²) in [4.78, 5) is 4.18. The molecule has 0 aliphatic carbocycles. The number of hydrogen-bond acceptors (Lipinski definition) is 3. The van der Waals surface area contributed by atoms with Crippen LogP contribution in [0.4, 0.5) is 0 Å². The number of hydrogen-bond donors (Lipinski definition) is 1. The highest BCUT2D eigenvalue weighted by atomic mass is 35.5. The predicted molar refractivity (Wildman–Crippen MR) is 50.4 cm³/mol. The van der Waals surface area contributed by atoms with Gasteiger partial charge in [-0.05, 0) is 26.8 Å². The minimum Gasteiger partial charge on any atom is -0.330 e. The molecule has 1 aromatic heterocycles. The van der Waals surface area contributed by atoms with Gasteiger partial charge in [-0.3, -0.25) is 4.68 Å². The number of nitrogens with two attached hydrogens (primary N) is 1. The van der Waals surface area contributed by atoms with Crippen LogP contribution in [0, 0.1) is 13.8 Å². The van der Waals surface area contributed by atoms with Crippen molar-refractivity contribution in [2.45, 2.75) is 26.8 Å². The van der Waals surface area contributed by atoms with Crippen LogP contribution in [-0.4, -0.2) is 21.3 Å². The molecule has 0 fully saturated rings. The van der Waals surface area contributed by atoms with Gasteiger partial charge in [0.25, 0.3) is 0 Å². The van der Waals surface area contributed by atoms with Crippen LogP contribution in [0.15, 0.2) is 0 Å². The maximum Gasteiger partial charge on any atom is 0.147 e. The van der Waals surface area contributed by atoms with Crippen LogP contribution in [0.5, 0.6) is 0 Å². The summed E-state index contributed by atoms with van der Waals surface area (Å²) < 4.78 is 1.89. The van der Waals surface area contributed by atoms with Gasteiger partial charge in [-0.2, -0.15) is 5.10 Å². The molecule has 0 aliphatic heterocycles. The predicted octanol–water partition coefficient (Wildman–Crippen LogP) is 0.666. The Kier molecular flexibility index (Phi) is 4.85. The molecule has 0 radical (unpaired) electrons. The lowest BCUT2D eigenvalue weighted by atomic mass is 10.4. The van der Waals surface area contributed by atoms with Crippen molar-refractivity contribution in [1.29, 1.82) is 0 Å². The maximum atomic E-state index is 5.37. The van der Waals surface area contributed by atoms with Crippen molar-refractivity contribution in [2.24, 2.45) is 5.73 Å². The minimum atomic E-state index is 0. The first kappa shape index (κ1) is 11.4. The first-order chi connectivity index (χ1) is 5.24. The fraction of sp³-hybridized carbons (Fsp3) is 0.714. The molecule has 0 atom stereocenters. The molecular weight excluding hydrogens is 176 g/mol. The molecule has 0 aliphatic rings. The van der Waals surface area contributed by atoms with Crippen molar-refractivity contribution in [3.8, 4) is 0 Å². The average molecular weight is 191 g/mol. The molecule has 0 amide bonds. The highest BCUT2D eigenvalue weighted by Gasteiger charge is 1.99. The largest absolute Gasteiger partial charge is 0.330 e. The second kappa shape index (κ2) is 5.11. The third-order valence-corrected chi connectivity index (χ3v) is 1.54. The van der Waals surface area contributed by atoms with Crippen LogP contribution in [0.1, 0.15) is 18.1 Å². The molecule has 0 bridgehead atoms. The van der Waals surface area contributed by atoms with Gasteiger partial charge in [0.15, 0.2) is 0 Å². The Balaban J connectivity index is 0.00000121. The molecular formula is C7H15ClN4. The van der Waals surface area contributed by atoms with Gasteiger partial charge in [0, 0.05) is 6.54 Å². The monoisotopic (exact) mass is 190 g/mol. The molecule has 0 aromatic carbocycles. The zero-order chi connectivity index (χ0) is 8.27. The van der Waals surface area contributed by atoms with E-state index in [2.05, 4.69) is 10.1 Å². The van der Waals surface area contributed by atoms with E-state index in [1.807, 2.05) is 18.5 Å². The molecule has 12 heavy (non-hydrogen) atoms. The summed E-state index contributed by atoms with van der Waals surface area (Å²) in [6.45, 7) is 5.43. The van der Waals surface area contributed by atoms with E-state index < -0.39 is 0 Å². The van der Waals surface area contributed by atoms with Gasteiger partial charge in [-0.1, -0.05) is 0 Å². The first-order valence-corrected chi connectivity index (χ1v) is 3.82. The second-order valence-electron chi connectivity index (χ2n) is 2.57. The molecule has 4 nitrogen and oxygen atoms in total. The highest BCUT2D eigenvalue weighted by molar-refractivity contribution is 5.85. The number of nitrogens with zero attached hydrogens (tertiary/aromatic N) is 3. The summed E-state index contributed by atoms with van der Waals surface area (Å²) in [5.41, 5.74) is 5.37. The summed E-state index contributed by atoms with van der Waals surface area (Å²) in [5, 5.41) is 4.20. The molecule has 1 heterocycles. The molecule has 0 saturated heterocycles. The summed E-state index contributed by atoms with van der Waals surface area (Å²) in [6, 6.07) is 0. The van der Waals surface area contributed by atoms with Crippen molar-refractivity contribution in [3.05, 3.63) is 11.6 Å². The molecule has 2 N–H and O–H groups in total. The molecule has 1 aromatic rings. The Bertz CT molecular complexity index is 233. The number of halogens is 1. The first-order valence-electron chi connectivity index (χ1n) is 3.82. The fourth-order valence-corrected chi connectivity index (χ4v) is 1.01. The topological polar surface area (TPSA) is 56.7 Å². The van der Waals surface area contributed by atoms with Crippen LogP contribution < -0.4 is 5.73 Å². The molecule has 0 saturated carbocycles. The maximum absolute atomic E-state index is 5.37. The summed E-state index contributed by atoms with van der Waals surface area (Å²) in [6.07, 6.45) is 0.962. The Morgan fingerprint density at radius 2 is 2.08 bits per heavy atom. The Labute approximate surface area is 78.6 Å². The highest BCUT2D eigenvalue weighted by Crippen LogP contribution is 1.96. The Morgan fingerprint density at radius 3 is 2.50 bits per heavy atom. The third-order valence-electron chi connectivity index (χ3n) is 1.54. The van der Waals surface area contributed by atoms with Crippen LogP contribution >= 0.6 is 12.4 Å². The van der Waals surface area contributed by atoms with Gasteiger partial charge >= 0.3 is 0 Å². The smallest absolute Gasteiger partial charge is 0.147 e. The van der Waals surface area contributed by atoms with Gasteiger partial charge in [-0.25, -0.2) is 4.98 Å². The van der Waals surface area contributed by atoms with Crippen molar-refractivity contribution in [3.63, 3.8) is 0 Å². The van der Waals surface area contributed by atoms with Crippen molar-refractivity contribution in [1.82, 2.24) is 14.8 Å². The van der Waals surface area contributed by atoms with Crippen LogP contribution in [-0.2, 0) is 6.54 Å². The van der Waals surface area contributed by atoms with Gasteiger partial charge in [0.1, 0.15) is 11.6 Å². The lowest BCUT2D eigenvalue weighted by Crippen LogP contribution is -2.08. The molecule has 0 unspecified atom stereocenters. The van der Waals surface area contributed by atoms with E-state index in [1.54, 1.807) is 0 Å². The van der Waals surface area contributed by atoms with E-state index in [1.165, 1.54) is 0 Å². The number of aromatic nitrogens is 3. The van der Waals surface area contributed by atoms with Gasteiger partial charge in [-0.15, -0.1) is 12.4 Å². The van der Waals surface area contributed by atoms with Crippen LogP contribution in [0.25, 0.3) is 0 Å². The van der Waals surface area contributed by atoms with Gasteiger partial charge in [0.2, 0.25) is 0 Å². The van der Waals surface area contributed by atoms with Gasteiger partial charge < -0.3 is 5.73 Å². The molecule has 5 heteroatoms. The van der Waals surface area contributed by atoms with Crippen LogP contribution in [0.3, 0.4) is 0 Å². The van der Waals surface area contributed by atoms with Crippen LogP contribution in [0.2, 0.25) is 0 Å². The Morgan fingerprint density at radius 1 is 1.42 bits per heavy atom. The lowest BCUT2D eigenvalue weighted by Gasteiger charge is -1.99. The molecule has 1 rings (SSSR count). The lowest BCUT2D eigenvalue weighted by molar-refractivity contribution is 0.565. The average Bonchev–Trinajstić information content (AvgIpc) is 2.26. The number of rotatable bonds is 3. The third kappa shape index (κ3) is 2.79. The zero-order valence-electron chi connectivity index (χ0n) is 7.45. The summed E-state index contributed by atoms with van der Waals surface area (Å²) in [7, 11) is 0. The van der Waals surface area contributed by atoms with Crippen molar-refractivity contribution >= 4 is 12.4 Å². The SMILES string of the molecule is Cc1nc(C)n(CCCN)n1.Cl. The molecule has 0 spiro atoms. The summed E-state index contributed by atoms with van der Waals surface area (Å²) in [5.74, 6) is 1.80. The van der Waals surface area contributed by atoms with E-state index in [0.29, 0.717) is 6.54 Å². The fourth-order valence-electron chi connectivity index (χ4n) is 1.01. The van der Waals surface area contributed by atoms with Crippen molar-refractivity contribution < 1.29 is 0 Å².